The molecule has 3 N–H and O–H groups in total. The molecule has 0 aliphatic heterocycles. The highest BCUT2D eigenvalue weighted by Gasteiger charge is 2.16. The molecule has 0 saturated carbocycles. The SMILES string of the molecule is O=C(CCCc1c(-c2ccc3ccccc3n2)[nH]c2ccc(Cl)cc12)NNC(=O)Cc1ccccc1. The summed E-state index contributed by atoms with van der Waals surface area (Å²) in [6, 6.07) is 27.2. The number of rotatable bonds is 7. The highest BCUT2D eigenvalue weighted by atomic mass is 35.5. The summed E-state index contributed by atoms with van der Waals surface area (Å²) in [7, 11) is 0. The van der Waals surface area contributed by atoms with E-state index in [2.05, 4.69) is 21.9 Å². The van der Waals surface area contributed by atoms with E-state index in [9.17, 15) is 9.59 Å². The molecule has 7 heteroatoms. The molecule has 5 rings (SSSR count). The van der Waals surface area contributed by atoms with Crippen molar-refractivity contribution in [3.63, 3.8) is 0 Å². The van der Waals surface area contributed by atoms with Crippen LogP contribution in [0.15, 0.2) is 84.9 Å². The third-order valence-electron chi connectivity index (χ3n) is 6.10. The predicted molar refractivity (Wildman–Crippen MR) is 143 cm³/mol. The lowest BCUT2D eigenvalue weighted by molar-refractivity contribution is -0.128. The molecule has 6 nitrogen and oxygen atoms in total. The predicted octanol–water partition coefficient (Wildman–Crippen LogP) is 5.75. The zero-order chi connectivity index (χ0) is 24.9. The number of fused-ring (bicyclic) bond motifs is 2. The number of halogens is 1. The third-order valence-corrected chi connectivity index (χ3v) is 6.34. The summed E-state index contributed by atoms with van der Waals surface area (Å²) >= 11 is 6.30. The number of aromatic nitrogens is 2. The number of carbonyl (C=O) groups excluding carboxylic acids is 2. The number of nitrogens with one attached hydrogen (secondary N) is 3. The Bertz CT molecular complexity index is 1550. The molecule has 0 bridgehead atoms. The third kappa shape index (κ3) is 5.39. The fourth-order valence-corrected chi connectivity index (χ4v) is 4.53. The van der Waals surface area contributed by atoms with E-state index in [-0.39, 0.29) is 24.7 Å². The van der Waals surface area contributed by atoms with Crippen LogP contribution in [-0.2, 0) is 22.4 Å². The van der Waals surface area contributed by atoms with Crippen LogP contribution in [0.5, 0.6) is 0 Å². The number of aryl methyl sites for hydroxylation is 1. The lowest BCUT2D eigenvalue weighted by Gasteiger charge is -2.09. The molecule has 0 aliphatic carbocycles. The minimum Gasteiger partial charge on any atom is -0.353 e. The first-order chi connectivity index (χ1) is 17.6. The quantitative estimate of drug-likeness (QED) is 0.251. The summed E-state index contributed by atoms with van der Waals surface area (Å²) in [5.41, 5.74) is 10.6. The summed E-state index contributed by atoms with van der Waals surface area (Å²) in [4.78, 5) is 32.8. The van der Waals surface area contributed by atoms with Crippen molar-refractivity contribution in [3.05, 3.63) is 101 Å². The van der Waals surface area contributed by atoms with Gasteiger partial charge in [-0.05, 0) is 54.3 Å². The van der Waals surface area contributed by atoms with Gasteiger partial charge in [0.25, 0.3) is 0 Å². The molecule has 3 aromatic carbocycles. The van der Waals surface area contributed by atoms with Crippen LogP contribution >= 0.6 is 11.6 Å². The van der Waals surface area contributed by atoms with Crippen molar-refractivity contribution in [2.75, 3.05) is 0 Å². The van der Waals surface area contributed by atoms with Gasteiger partial charge >= 0.3 is 0 Å². The fourth-order valence-electron chi connectivity index (χ4n) is 4.36. The van der Waals surface area contributed by atoms with Crippen LogP contribution in [0.4, 0.5) is 0 Å². The van der Waals surface area contributed by atoms with Gasteiger partial charge in [-0.15, -0.1) is 0 Å². The molecule has 0 atom stereocenters. The van der Waals surface area contributed by atoms with Crippen LogP contribution in [-0.4, -0.2) is 21.8 Å². The normalized spacial score (nSPS) is 11.0. The Morgan fingerprint density at radius 3 is 2.50 bits per heavy atom. The van der Waals surface area contributed by atoms with Crippen LogP contribution < -0.4 is 10.9 Å². The molecular formula is C29H25ClN4O2. The number of hydrogen-bond donors (Lipinski definition) is 3. The Morgan fingerprint density at radius 1 is 0.861 bits per heavy atom. The average Bonchev–Trinajstić information content (AvgIpc) is 3.25. The van der Waals surface area contributed by atoms with Crippen LogP contribution in [0, 0.1) is 0 Å². The van der Waals surface area contributed by atoms with Gasteiger partial charge in [-0.3, -0.25) is 20.4 Å². The first-order valence-electron chi connectivity index (χ1n) is 11.8. The second kappa shape index (κ2) is 10.6. The van der Waals surface area contributed by atoms with Gasteiger partial charge in [0.1, 0.15) is 0 Å². The lowest BCUT2D eigenvalue weighted by Crippen LogP contribution is -2.42. The van der Waals surface area contributed by atoms with E-state index >= 15 is 0 Å². The van der Waals surface area contributed by atoms with Gasteiger partial charge in [-0.25, -0.2) is 4.98 Å². The zero-order valence-electron chi connectivity index (χ0n) is 19.6. The second-order valence-electron chi connectivity index (χ2n) is 8.67. The van der Waals surface area contributed by atoms with Crippen molar-refractivity contribution in [3.8, 4) is 11.4 Å². The summed E-state index contributed by atoms with van der Waals surface area (Å²) in [6.07, 6.45) is 1.72. The number of benzene rings is 3. The first-order valence-corrected chi connectivity index (χ1v) is 12.2. The van der Waals surface area contributed by atoms with Crippen molar-refractivity contribution >= 4 is 45.2 Å². The molecule has 2 aromatic heterocycles. The van der Waals surface area contributed by atoms with Crippen LogP contribution in [0.25, 0.3) is 33.2 Å². The van der Waals surface area contributed by atoms with E-state index < -0.39 is 0 Å². The molecule has 180 valence electrons. The van der Waals surface area contributed by atoms with Crippen molar-refractivity contribution in [2.45, 2.75) is 25.7 Å². The highest BCUT2D eigenvalue weighted by molar-refractivity contribution is 6.31. The largest absolute Gasteiger partial charge is 0.353 e. The summed E-state index contributed by atoms with van der Waals surface area (Å²) in [5.74, 6) is -0.495. The fraction of sp³-hybridized carbons (Fsp3) is 0.138. The first kappa shape index (κ1) is 23.6. The average molecular weight is 497 g/mol. The Morgan fingerprint density at radius 2 is 1.64 bits per heavy atom. The Balaban J connectivity index is 1.27. The maximum Gasteiger partial charge on any atom is 0.242 e. The van der Waals surface area contributed by atoms with E-state index in [0.29, 0.717) is 17.9 Å². The van der Waals surface area contributed by atoms with Crippen LogP contribution in [0.2, 0.25) is 5.02 Å². The van der Waals surface area contributed by atoms with Crippen LogP contribution in [0.1, 0.15) is 24.0 Å². The van der Waals surface area contributed by atoms with Crippen LogP contribution in [0.3, 0.4) is 0 Å². The Kier molecular flexibility index (Phi) is 6.96. The molecule has 36 heavy (non-hydrogen) atoms. The number of para-hydroxylation sites is 1. The minimum atomic E-state index is -0.259. The molecule has 0 spiro atoms. The number of pyridine rings is 1. The topological polar surface area (TPSA) is 86.9 Å². The van der Waals surface area contributed by atoms with E-state index in [1.54, 1.807) is 0 Å². The van der Waals surface area contributed by atoms with Gasteiger partial charge in [0.2, 0.25) is 11.8 Å². The smallest absolute Gasteiger partial charge is 0.242 e. The molecule has 0 fully saturated rings. The van der Waals surface area contributed by atoms with E-state index in [1.165, 1.54) is 0 Å². The van der Waals surface area contributed by atoms with Crippen molar-refractivity contribution in [1.82, 2.24) is 20.8 Å². The number of nitrogens with zero attached hydrogens (tertiary/aromatic N) is 1. The highest BCUT2D eigenvalue weighted by Crippen LogP contribution is 2.33. The molecule has 2 heterocycles. The number of hydrogen-bond acceptors (Lipinski definition) is 3. The molecule has 0 aliphatic rings. The number of H-pyrrole nitrogens is 1. The summed E-state index contributed by atoms with van der Waals surface area (Å²) in [6.45, 7) is 0. The molecule has 0 radical (unpaired) electrons. The zero-order valence-corrected chi connectivity index (χ0v) is 20.3. The van der Waals surface area contributed by atoms with Gasteiger partial charge in [0.05, 0.1) is 23.3 Å². The van der Waals surface area contributed by atoms with Crippen molar-refractivity contribution in [1.29, 1.82) is 0 Å². The van der Waals surface area contributed by atoms with Gasteiger partial charge in [0, 0.05) is 27.7 Å². The van der Waals surface area contributed by atoms with E-state index in [4.69, 9.17) is 16.6 Å². The van der Waals surface area contributed by atoms with Gasteiger partial charge in [0.15, 0.2) is 0 Å². The van der Waals surface area contributed by atoms with E-state index in [1.807, 2.05) is 78.9 Å². The number of aromatic amines is 1. The molecular weight excluding hydrogens is 472 g/mol. The van der Waals surface area contributed by atoms with Crippen molar-refractivity contribution in [2.24, 2.45) is 0 Å². The number of hydrazine groups is 1. The second-order valence-corrected chi connectivity index (χ2v) is 9.11. The molecule has 0 saturated heterocycles. The summed E-state index contributed by atoms with van der Waals surface area (Å²) in [5, 5.41) is 2.75. The molecule has 0 unspecified atom stereocenters. The standard InChI is InChI=1S/C29H25ClN4O2/c30-21-14-16-25-23(18-21)22(29(32-25)26-15-13-20-9-4-5-11-24(20)31-26)10-6-12-27(35)33-34-28(36)17-19-7-2-1-3-8-19/h1-5,7-9,11,13-16,18,32H,6,10,12,17H2,(H,33,35)(H,34,36). The summed E-state index contributed by atoms with van der Waals surface area (Å²) < 4.78 is 0. The van der Waals surface area contributed by atoms with Gasteiger partial charge in [-0.2, -0.15) is 0 Å². The monoisotopic (exact) mass is 496 g/mol. The maximum atomic E-state index is 12.4. The number of amides is 2. The number of carbonyl (C=O) groups is 2. The maximum absolute atomic E-state index is 12.4. The van der Waals surface area contributed by atoms with Gasteiger partial charge in [-0.1, -0.05) is 66.2 Å². The minimum absolute atomic E-state index is 0.208. The van der Waals surface area contributed by atoms with Crippen molar-refractivity contribution < 1.29 is 9.59 Å². The molecule has 5 aromatic rings. The Labute approximate surface area is 213 Å². The van der Waals surface area contributed by atoms with Gasteiger partial charge < -0.3 is 4.98 Å². The molecule has 2 amide bonds. The Hall–Kier alpha value is -4.16. The lowest BCUT2D eigenvalue weighted by atomic mass is 10.0. The van der Waals surface area contributed by atoms with E-state index in [0.717, 1.165) is 44.3 Å².